The molecule has 0 spiro atoms. The van der Waals surface area contributed by atoms with Gasteiger partial charge in [-0.25, -0.2) is 0 Å². The van der Waals surface area contributed by atoms with Gasteiger partial charge in [0.05, 0.1) is 6.42 Å². The molecule has 2 aliphatic rings. The number of carbonyl (C=O) groups is 2. The maximum Gasteiger partial charge on any atom is 0.227 e. The SMILES string of the molecule is O=C(Cc1cc[nH]c1)N1CCN(C(=O)C2CCC2)CC1. The summed E-state index contributed by atoms with van der Waals surface area (Å²) in [6, 6.07) is 1.92. The van der Waals surface area contributed by atoms with Crippen molar-refractivity contribution in [3.63, 3.8) is 0 Å². The lowest BCUT2D eigenvalue weighted by Crippen LogP contribution is -2.52. The van der Waals surface area contributed by atoms with E-state index in [0.29, 0.717) is 38.5 Å². The largest absolute Gasteiger partial charge is 0.367 e. The molecule has 0 atom stereocenters. The average Bonchev–Trinajstić information content (AvgIpc) is 2.89. The van der Waals surface area contributed by atoms with Gasteiger partial charge < -0.3 is 14.8 Å². The molecule has 0 aromatic carbocycles. The Bertz CT molecular complexity index is 471. The molecule has 1 N–H and O–H groups in total. The molecular formula is C15H21N3O2. The first-order valence-corrected chi connectivity index (χ1v) is 7.42. The van der Waals surface area contributed by atoms with Crippen molar-refractivity contribution in [3.8, 4) is 0 Å². The van der Waals surface area contributed by atoms with Crippen LogP contribution in [0.4, 0.5) is 0 Å². The Labute approximate surface area is 118 Å². The predicted molar refractivity (Wildman–Crippen MR) is 75.0 cm³/mol. The van der Waals surface area contributed by atoms with Gasteiger partial charge in [-0.3, -0.25) is 9.59 Å². The lowest BCUT2D eigenvalue weighted by molar-refractivity contribution is -0.143. The Hall–Kier alpha value is -1.78. The van der Waals surface area contributed by atoms with Crippen LogP contribution < -0.4 is 0 Å². The fraction of sp³-hybridized carbons (Fsp3) is 0.600. The minimum absolute atomic E-state index is 0.153. The first kappa shape index (κ1) is 13.2. The van der Waals surface area contributed by atoms with E-state index in [-0.39, 0.29) is 11.8 Å². The smallest absolute Gasteiger partial charge is 0.227 e. The zero-order chi connectivity index (χ0) is 13.9. The summed E-state index contributed by atoms with van der Waals surface area (Å²) in [4.78, 5) is 31.1. The van der Waals surface area contributed by atoms with Gasteiger partial charge >= 0.3 is 0 Å². The number of aromatic amines is 1. The van der Waals surface area contributed by atoms with E-state index in [4.69, 9.17) is 0 Å². The Kier molecular flexibility index (Phi) is 3.76. The van der Waals surface area contributed by atoms with Crippen LogP contribution in [-0.2, 0) is 16.0 Å². The molecule has 2 amide bonds. The van der Waals surface area contributed by atoms with E-state index in [0.717, 1.165) is 18.4 Å². The fourth-order valence-corrected chi connectivity index (χ4v) is 2.84. The molecule has 3 rings (SSSR count). The molecule has 0 unspecified atom stereocenters. The molecule has 0 bridgehead atoms. The number of H-pyrrole nitrogens is 1. The average molecular weight is 275 g/mol. The van der Waals surface area contributed by atoms with Gasteiger partial charge in [0.25, 0.3) is 0 Å². The van der Waals surface area contributed by atoms with Crippen molar-refractivity contribution >= 4 is 11.8 Å². The fourth-order valence-electron chi connectivity index (χ4n) is 2.84. The lowest BCUT2D eigenvalue weighted by atomic mass is 9.84. The summed E-state index contributed by atoms with van der Waals surface area (Å²) in [5, 5.41) is 0. The minimum Gasteiger partial charge on any atom is -0.367 e. The highest BCUT2D eigenvalue weighted by Gasteiger charge is 2.31. The topological polar surface area (TPSA) is 56.4 Å². The number of nitrogens with zero attached hydrogens (tertiary/aromatic N) is 2. The van der Waals surface area contributed by atoms with Gasteiger partial charge in [-0.2, -0.15) is 0 Å². The molecule has 1 aromatic heterocycles. The van der Waals surface area contributed by atoms with Crippen molar-refractivity contribution in [2.24, 2.45) is 5.92 Å². The van der Waals surface area contributed by atoms with Crippen molar-refractivity contribution in [3.05, 3.63) is 24.0 Å². The second-order valence-corrected chi connectivity index (χ2v) is 5.73. The Morgan fingerprint density at radius 3 is 2.40 bits per heavy atom. The van der Waals surface area contributed by atoms with Gasteiger partial charge in [0.1, 0.15) is 0 Å². The molecule has 1 saturated heterocycles. The van der Waals surface area contributed by atoms with Crippen molar-refractivity contribution in [2.75, 3.05) is 26.2 Å². The number of rotatable bonds is 3. The molecule has 1 saturated carbocycles. The molecule has 5 heteroatoms. The standard InChI is InChI=1S/C15H21N3O2/c19-14(10-12-4-5-16-11-12)17-6-8-18(9-7-17)15(20)13-2-1-3-13/h4-5,11,13,16H,1-3,6-10H2. The van der Waals surface area contributed by atoms with E-state index < -0.39 is 0 Å². The van der Waals surface area contributed by atoms with Crippen LogP contribution in [0, 0.1) is 5.92 Å². The highest BCUT2D eigenvalue weighted by molar-refractivity contribution is 5.81. The third kappa shape index (κ3) is 2.71. The summed E-state index contributed by atoms with van der Waals surface area (Å²) in [6.07, 6.45) is 7.41. The molecule has 108 valence electrons. The van der Waals surface area contributed by atoms with Gasteiger partial charge in [-0.05, 0) is 24.5 Å². The first-order chi connectivity index (χ1) is 9.74. The highest BCUT2D eigenvalue weighted by Crippen LogP contribution is 2.28. The quantitative estimate of drug-likeness (QED) is 0.895. The van der Waals surface area contributed by atoms with E-state index >= 15 is 0 Å². The van der Waals surface area contributed by atoms with Crippen LogP contribution in [0.2, 0.25) is 0 Å². The van der Waals surface area contributed by atoms with Gasteiger partial charge in [0.2, 0.25) is 11.8 Å². The van der Waals surface area contributed by atoms with Gasteiger partial charge in [0.15, 0.2) is 0 Å². The Balaban J connectivity index is 1.48. The second kappa shape index (κ2) is 5.69. The molecule has 2 fully saturated rings. The van der Waals surface area contributed by atoms with Gasteiger partial charge in [-0.15, -0.1) is 0 Å². The van der Waals surface area contributed by atoms with Gasteiger partial charge in [-0.1, -0.05) is 6.42 Å². The Morgan fingerprint density at radius 1 is 1.15 bits per heavy atom. The van der Waals surface area contributed by atoms with Crippen LogP contribution >= 0.6 is 0 Å². The molecular weight excluding hydrogens is 254 g/mol. The van der Waals surface area contributed by atoms with Crippen LogP contribution in [0.3, 0.4) is 0 Å². The van der Waals surface area contributed by atoms with Crippen LogP contribution in [-0.4, -0.2) is 52.8 Å². The summed E-state index contributed by atoms with van der Waals surface area (Å²) in [6.45, 7) is 2.71. The van der Waals surface area contributed by atoms with E-state index in [9.17, 15) is 9.59 Å². The monoisotopic (exact) mass is 275 g/mol. The normalized spacial score (nSPS) is 19.8. The Morgan fingerprint density at radius 2 is 1.85 bits per heavy atom. The van der Waals surface area contributed by atoms with Crippen molar-refractivity contribution in [1.82, 2.24) is 14.8 Å². The lowest BCUT2D eigenvalue weighted by Gasteiger charge is -2.38. The van der Waals surface area contributed by atoms with E-state index in [1.165, 1.54) is 6.42 Å². The van der Waals surface area contributed by atoms with E-state index in [1.807, 2.05) is 28.3 Å². The van der Waals surface area contributed by atoms with Crippen LogP contribution in [0.25, 0.3) is 0 Å². The number of aromatic nitrogens is 1. The van der Waals surface area contributed by atoms with E-state index in [2.05, 4.69) is 4.98 Å². The summed E-state index contributed by atoms with van der Waals surface area (Å²) in [5.41, 5.74) is 1.02. The minimum atomic E-state index is 0.153. The molecule has 20 heavy (non-hydrogen) atoms. The molecule has 1 aliphatic heterocycles. The number of hydrogen-bond donors (Lipinski definition) is 1. The van der Waals surface area contributed by atoms with Crippen molar-refractivity contribution in [2.45, 2.75) is 25.7 Å². The zero-order valence-corrected chi connectivity index (χ0v) is 11.7. The number of carbonyl (C=O) groups excluding carboxylic acids is 2. The number of piperazine rings is 1. The number of amides is 2. The van der Waals surface area contributed by atoms with Gasteiger partial charge in [0, 0.05) is 44.5 Å². The third-order valence-electron chi connectivity index (χ3n) is 4.42. The molecule has 5 nitrogen and oxygen atoms in total. The summed E-state index contributed by atoms with van der Waals surface area (Å²) >= 11 is 0. The maximum absolute atomic E-state index is 12.2. The van der Waals surface area contributed by atoms with Crippen LogP contribution in [0.15, 0.2) is 18.5 Å². The molecule has 0 radical (unpaired) electrons. The van der Waals surface area contributed by atoms with Crippen LogP contribution in [0.1, 0.15) is 24.8 Å². The number of nitrogens with one attached hydrogen (secondary N) is 1. The predicted octanol–water partition coefficient (Wildman–Crippen LogP) is 1.03. The number of hydrogen-bond acceptors (Lipinski definition) is 2. The second-order valence-electron chi connectivity index (χ2n) is 5.73. The molecule has 1 aromatic rings. The summed E-state index contributed by atoms with van der Waals surface area (Å²) in [5.74, 6) is 0.714. The van der Waals surface area contributed by atoms with Crippen molar-refractivity contribution in [1.29, 1.82) is 0 Å². The zero-order valence-electron chi connectivity index (χ0n) is 11.7. The van der Waals surface area contributed by atoms with E-state index in [1.54, 1.807) is 0 Å². The maximum atomic E-state index is 12.2. The first-order valence-electron chi connectivity index (χ1n) is 7.42. The highest BCUT2D eigenvalue weighted by atomic mass is 16.2. The molecule has 1 aliphatic carbocycles. The summed E-state index contributed by atoms with van der Waals surface area (Å²) < 4.78 is 0. The third-order valence-corrected chi connectivity index (χ3v) is 4.42. The van der Waals surface area contributed by atoms with Crippen LogP contribution in [0.5, 0.6) is 0 Å². The summed E-state index contributed by atoms with van der Waals surface area (Å²) in [7, 11) is 0. The van der Waals surface area contributed by atoms with Crippen molar-refractivity contribution < 1.29 is 9.59 Å². The molecule has 2 heterocycles.